The normalized spacial score (nSPS) is 12.6. The highest BCUT2D eigenvalue weighted by Crippen LogP contribution is 2.21. The second-order valence-corrected chi connectivity index (χ2v) is 7.60. The molecule has 2 rings (SSSR count). The molecule has 0 bridgehead atoms. The van der Waals surface area contributed by atoms with Crippen LogP contribution in [0.3, 0.4) is 0 Å². The number of carbonyl (C=O) groups is 1. The van der Waals surface area contributed by atoms with Crippen LogP contribution in [0, 0.1) is 0 Å². The zero-order chi connectivity index (χ0) is 17.7. The van der Waals surface area contributed by atoms with Crippen LogP contribution < -0.4 is 10.0 Å². The molecule has 1 aromatic carbocycles. The molecule has 1 amide bonds. The Balaban J connectivity index is 2.09. The predicted molar refractivity (Wildman–Crippen MR) is 91.6 cm³/mol. The van der Waals surface area contributed by atoms with E-state index in [4.69, 9.17) is 4.74 Å². The van der Waals surface area contributed by atoms with Crippen molar-refractivity contribution >= 4 is 38.1 Å². The number of aryl methyl sites for hydroxylation is 1. The summed E-state index contributed by atoms with van der Waals surface area (Å²) in [5, 5.41) is 11.3. The minimum Gasteiger partial charge on any atom is -0.372 e. The van der Waals surface area contributed by atoms with Crippen molar-refractivity contribution in [2.75, 3.05) is 17.1 Å². The van der Waals surface area contributed by atoms with Crippen LogP contribution in [0.25, 0.3) is 0 Å². The molecule has 0 aliphatic carbocycles. The number of aromatic nitrogens is 2. The molecule has 2 aromatic rings. The molecule has 130 valence electrons. The smallest absolute Gasteiger partial charge is 0.263 e. The number of nitrogens with one attached hydrogen (secondary N) is 2. The van der Waals surface area contributed by atoms with E-state index in [1.807, 2.05) is 6.92 Å². The average molecular weight is 370 g/mol. The maximum atomic E-state index is 12.3. The highest BCUT2D eigenvalue weighted by molar-refractivity contribution is 7.93. The SMILES string of the molecule is CCc1nnc(NS(=O)(=O)c2ccc(NC(=O)C(C)OC)cc2)s1. The number of sulfonamides is 1. The summed E-state index contributed by atoms with van der Waals surface area (Å²) in [5.74, 6) is -0.313. The third kappa shape index (κ3) is 4.49. The molecule has 0 aliphatic rings. The third-order valence-electron chi connectivity index (χ3n) is 3.15. The van der Waals surface area contributed by atoms with Gasteiger partial charge < -0.3 is 10.1 Å². The van der Waals surface area contributed by atoms with Gasteiger partial charge in [-0.05, 0) is 37.6 Å². The molecule has 1 unspecified atom stereocenters. The monoisotopic (exact) mass is 370 g/mol. The standard InChI is InChI=1S/C14H18N4O4S2/c1-4-12-16-17-14(23-12)18-24(20,21)11-7-5-10(6-8-11)15-13(19)9(2)22-3/h5-9H,4H2,1-3H3,(H,15,19)(H,17,18). The second-order valence-electron chi connectivity index (χ2n) is 4.85. The molecule has 0 fully saturated rings. The van der Waals surface area contributed by atoms with E-state index >= 15 is 0 Å². The first-order valence-electron chi connectivity index (χ1n) is 7.14. The fraction of sp³-hybridized carbons (Fsp3) is 0.357. The van der Waals surface area contributed by atoms with Crippen LogP contribution in [0.5, 0.6) is 0 Å². The van der Waals surface area contributed by atoms with Crippen molar-refractivity contribution in [1.82, 2.24) is 10.2 Å². The number of carbonyl (C=O) groups excluding carboxylic acids is 1. The van der Waals surface area contributed by atoms with Gasteiger partial charge in [-0.2, -0.15) is 0 Å². The lowest BCUT2D eigenvalue weighted by atomic mass is 10.3. The lowest BCUT2D eigenvalue weighted by Gasteiger charge is -2.11. The van der Waals surface area contributed by atoms with Crippen LogP contribution in [-0.4, -0.2) is 37.7 Å². The predicted octanol–water partition coefficient (Wildman–Crippen LogP) is 1.87. The zero-order valence-electron chi connectivity index (χ0n) is 13.4. The number of nitrogens with zero attached hydrogens (tertiary/aromatic N) is 2. The maximum Gasteiger partial charge on any atom is 0.263 e. The Hall–Kier alpha value is -2.04. The van der Waals surface area contributed by atoms with E-state index in [1.54, 1.807) is 6.92 Å². The van der Waals surface area contributed by atoms with Crippen LogP contribution in [0.2, 0.25) is 0 Å². The Bertz CT molecular complexity index is 802. The molecule has 1 heterocycles. The van der Waals surface area contributed by atoms with Crippen LogP contribution in [0.15, 0.2) is 29.2 Å². The van der Waals surface area contributed by atoms with Crippen molar-refractivity contribution in [2.24, 2.45) is 0 Å². The fourth-order valence-electron chi connectivity index (χ4n) is 1.68. The summed E-state index contributed by atoms with van der Waals surface area (Å²) in [4.78, 5) is 11.8. The number of hydrogen-bond donors (Lipinski definition) is 2. The maximum absolute atomic E-state index is 12.3. The quantitative estimate of drug-likeness (QED) is 0.770. The van der Waals surface area contributed by atoms with Gasteiger partial charge in [0, 0.05) is 12.8 Å². The Labute approximate surface area is 144 Å². The lowest BCUT2D eigenvalue weighted by molar-refractivity contribution is -0.124. The number of benzene rings is 1. The van der Waals surface area contributed by atoms with Crippen molar-refractivity contribution in [1.29, 1.82) is 0 Å². The zero-order valence-corrected chi connectivity index (χ0v) is 15.1. The van der Waals surface area contributed by atoms with Crippen molar-refractivity contribution in [2.45, 2.75) is 31.3 Å². The van der Waals surface area contributed by atoms with Gasteiger partial charge in [-0.1, -0.05) is 18.3 Å². The van der Waals surface area contributed by atoms with Gasteiger partial charge in [-0.25, -0.2) is 8.42 Å². The van der Waals surface area contributed by atoms with Gasteiger partial charge in [0.1, 0.15) is 11.1 Å². The van der Waals surface area contributed by atoms with Gasteiger partial charge in [0.05, 0.1) is 4.90 Å². The highest BCUT2D eigenvalue weighted by atomic mass is 32.2. The van der Waals surface area contributed by atoms with Crippen molar-refractivity contribution in [3.8, 4) is 0 Å². The van der Waals surface area contributed by atoms with Gasteiger partial charge in [0.15, 0.2) is 0 Å². The average Bonchev–Trinajstić information content (AvgIpc) is 3.01. The van der Waals surface area contributed by atoms with Gasteiger partial charge in [0.25, 0.3) is 15.9 Å². The number of amides is 1. The molecular formula is C14H18N4O4S2. The Morgan fingerprint density at radius 1 is 1.29 bits per heavy atom. The Morgan fingerprint density at radius 2 is 1.96 bits per heavy atom. The molecule has 10 heteroatoms. The number of hydrogen-bond acceptors (Lipinski definition) is 7. The number of rotatable bonds is 7. The van der Waals surface area contributed by atoms with Gasteiger partial charge in [0.2, 0.25) is 5.13 Å². The largest absolute Gasteiger partial charge is 0.372 e. The first-order valence-corrected chi connectivity index (χ1v) is 9.44. The molecule has 24 heavy (non-hydrogen) atoms. The van der Waals surface area contributed by atoms with E-state index in [0.717, 1.165) is 5.01 Å². The topological polar surface area (TPSA) is 110 Å². The van der Waals surface area contributed by atoms with E-state index in [0.29, 0.717) is 12.1 Å². The fourth-order valence-corrected chi connectivity index (χ4v) is 3.59. The summed E-state index contributed by atoms with van der Waals surface area (Å²) in [6.45, 7) is 3.53. The summed E-state index contributed by atoms with van der Waals surface area (Å²) in [7, 11) is -2.32. The van der Waals surface area contributed by atoms with E-state index in [2.05, 4.69) is 20.2 Å². The van der Waals surface area contributed by atoms with E-state index in [1.165, 1.54) is 42.7 Å². The highest BCUT2D eigenvalue weighted by Gasteiger charge is 2.17. The minimum absolute atomic E-state index is 0.0635. The Kier molecular flexibility index (Phi) is 5.86. The van der Waals surface area contributed by atoms with Gasteiger partial charge in [-0.3, -0.25) is 9.52 Å². The molecule has 0 saturated heterocycles. The lowest BCUT2D eigenvalue weighted by Crippen LogP contribution is -2.26. The van der Waals surface area contributed by atoms with Crippen LogP contribution in [0.4, 0.5) is 10.8 Å². The summed E-state index contributed by atoms with van der Waals surface area (Å²) < 4.78 is 31.9. The first-order chi connectivity index (χ1) is 11.4. The van der Waals surface area contributed by atoms with Crippen molar-refractivity contribution < 1.29 is 17.9 Å². The molecule has 1 atom stereocenters. The van der Waals surface area contributed by atoms with Crippen molar-refractivity contribution in [3.05, 3.63) is 29.3 Å². The van der Waals surface area contributed by atoms with Crippen molar-refractivity contribution in [3.63, 3.8) is 0 Å². The van der Waals surface area contributed by atoms with Crippen LogP contribution in [-0.2, 0) is 26.0 Å². The van der Waals surface area contributed by atoms with E-state index in [-0.39, 0.29) is 15.9 Å². The summed E-state index contributed by atoms with van der Waals surface area (Å²) in [6, 6.07) is 5.81. The van der Waals surface area contributed by atoms with Gasteiger partial charge >= 0.3 is 0 Å². The summed E-state index contributed by atoms with van der Waals surface area (Å²) in [5.41, 5.74) is 0.479. The van der Waals surface area contributed by atoms with Crippen LogP contribution in [0.1, 0.15) is 18.9 Å². The summed E-state index contributed by atoms with van der Waals surface area (Å²) in [6.07, 6.45) is 0.0912. The third-order valence-corrected chi connectivity index (χ3v) is 5.61. The van der Waals surface area contributed by atoms with E-state index < -0.39 is 16.1 Å². The Morgan fingerprint density at radius 3 is 2.50 bits per heavy atom. The molecule has 0 spiro atoms. The number of ether oxygens (including phenoxy) is 1. The second kappa shape index (κ2) is 7.69. The molecule has 8 nitrogen and oxygen atoms in total. The van der Waals surface area contributed by atoms with E-state index in [9.17, 15) is 13.2 Å². The molecule has 1 aromatic heterocycles. The number of anilines is 2. The van der Waals surface area contributed by atoms with Crippen LogP contribution >= 0.6 is 11.3 Å². The number of methoxy groups -OCH3 is 1. The molecule has 2 N–H and O–H groups in total. The molecule has 0 aliphatic heterocycles. The van der Waals surface area contributed by atoms with Gasteiger partial charge in [-0.15, -0.1) is 10.2 Å². The summed E-state index contributed by atoms with van der Waals surface area (Å²) >= 11 is 1.19. The molecule has 0 saturated carbocycles. The first kappa shape index (κ1) is 18.3. The molecular weight excluding hydrogens is 352 g/mol. The molecule has 0 radical (unpaired) electrons. The minimum atomic E-state index is -3.75.